The topological polar surface area (TPSA) is 70.1 Å². The molecule has 0 saturated heterocycles. The highest BCUT2D eigenvalue weighted by atomic mass is 19.1. The number of hydrogen-bond donors (Lipinski definition) is 1. The number of carbonyl (C=O) groups excluding carboxylic acids is 2. The summed E-state index contributed by atoms with van der Waals surface area (Å²) in [5.41, 5.74) is 0.936. The van der Waals surface area contributed by atoms with Gasteiger partial charge in [0, 0.05) is 33.4 Å². The highest BCUT2D eigenvalue weighted by molar-refractivity contribution is 6.35. The van der Waals surface area contributed by atoms with Gasteiger partial charge in [0.2, 0.25) is 0 Å². The zero-order valence-electron chi connectivity index (χ0n) is 14.5. The molecular weight excluding hydrogens is 327 g/mol. The quantitative estimate of drug-likeness (QED) is 0.536. The summed E-state index contributed by atoms with van der Waals surface area (Å²) in [7, 11) is 1.64. The maximum atomic E-state index is 13.2. The molecule has 0 aliphatic carbocycles. The van der Waals surface area contributed by atoms with Gasteiger partial charge in [-0.15, -0.1) is 0 Å². The zero-order chi connectivity index (χ0) is 18.4. The summed E-state index contributed by atoms with van der Waals surface area (Å²) in [6.45, 7) is 3.22. The number of nitrogens with zero attached hydrogens (tertiary/aromatic N) is 2. The van der Waals surface area contributed by atoms with Gasteiger partial charge >= 0.3 is 0 Å². The van der Waals surface area contributed by atoms with E-state index >= 15 is 0 Å². The Morgan fingerprint density at radius 2 is 1.88 bits per heavy atom. The predicted molar refractivity (Wildman–Crippen MR) is 90.9 cm³/mol. The van der Waals surface area contributed by atoms with Gasteiger partial charge in [0.25, 0.3) is 11.8 Å². The van der Waals surface area contributed by atoms with Gasteiger partial charge in [0.15, 0.2) is 0 Å². The molecule has 1 aliphatic heterocycles. The fraction of sp³-hybridized carbons (Fsp3) is 0.444. The molecule has 0 spiro atoms. The Kier molecular flexibility index (Phi) is 6.66. The third kappa shape index (κ3) is 4.24. The van der Waals surface area contributed by atoms with Crippen LogP contribution in [-0.4, -0.2) is 66.7 Å². The number of likely N-dealkylation sites (N-methyl/N-ethyl adjacent to an activating group) is 1. The van der Waals surface area contributed by atoms with Crippen LogP contribution in [0.15, 0.2) is 30.0 Å². The van der Waals surface area contributed by atoms with E-state index in [4.69, 9.17) is 9.84 Å². The van der Waals surface area contributed by atoms with Crippen LogP contribution in [0.4, 0.5) is 4.39 Å². The number of amides is 2. The molecule has 2 rings (SSSR count). The molecule has 1 aliphatic rings. The van der Waals surface area contributed by atoms with Crippen molar-refractivity contribution >= 4 is 17.4 Å². The first-order valence-corrected chi connectivity index (χ1v) is 8.27. The lowest BCUT2D eigenvalue weighted by molar-refractivity contribution is -0.137. The first-order chi connectivity index (χ1) is 12.0. The Labute approximate surface area is 146 Å². The second-order valence-electron chi connectivity index (χ2n) is 5.69. The molecule has 1 aromatic rings. The Hall–Kier alpha value is -2.25. The zero-order valence-corrected chi connectivity index (χ0v) is 14.5. The molecule has 0 saturated carbocycles. The molecule has 25 heavy (non-hydrogen) atoms. The number of carbonyl (C=O) groups is 2. The van der Waals surface area contributed by atoms with Crippen molar-refractivity contribution in [2.45, 2.75) is 13.3 Å². The van der Waals surface area contributed by atoms with Crippen LogP contribution in [0.25, 0.3) is 5.57 Å². The van der Waals surface area contributed by atoms with Gasteiger partial charge in [-0.3, -0.25) is 14.5 Å². The van der Waals surface area contributed by atoms with Gasteiger partial charge in [-0.25, -0.2) is 4.39 Å². The molecule has 0 unspecified atom stereocenters. The SMILES string of the molecule is CCOCCCN1C(=O)C(c2ccc(F)cc2)=C(N(C)CCO)C1=O. The minimum absolute atomic E-state index is 0.150. The van der Waals surface area contributed by atoms with Crippen LogP contribution >= 0.6 is 0 Å². The maximum Gasteiger partial charge on any atom is 0.277 e. The Bertz CT molecular complexity index is 658. The number of imide groups is 1. The Balaban J connectivity index is 2.32. The fourth-order valence-corrected chi connectivity index (χ4v) is 2.73. The molecule has 0 fully saturated rings. The van der Waals surface area contributed by atoms with Crippen molar-refractivity contribution in [1.29, 1.82) is 0 Å². The number of aliphatic hydroxyl groups excluding tert-OH is 1. The number of benzene rings is 1. The molecule has 1 heterocycles. The summed E-state index contributed by atoms with van der Waals surface area (Å²) in [5, 5.41) is 9.17. The first-order valence-electron chi connectivity index (χ1n) is 8.27. The van der Waals surface area contributed by atoms with Crippen molar-refractivity contribution in [3.05, 3.63) is 41.3 Å². The van der Waals surface area contributed by atoms with Crippen molar-refractivity contribution in [3.8, 4) is 0 Å². The van der Waals surface area contributed by atoms with Crippen molar-refractivity contribution in [3.63, 3.8) is 0 Å². The normalized spacial score (nSPS) is 14.6. The molecule has 0 aromatic heterocycles. The van der Waals surface area contributed by atoms with Gasteiger partial charge in [-0.2, -0.15) is 0 Å². The second-order valence-corrected chi connectivity index (χ2v) is 5.69. The van der Waals surface area contributed by atoms with E-state index in [-0.39, 0.29) is 31.0 Å². The summed E-state index contributed by atoms with van der Waals surface area (Å²) >= 11 is 0. The van der Waals surface area contributed by atoms with Crippen LogP contribution < -0.4 is 0 Å². The molecule has 0 atom stereocenters. The molecule has 2 amide bonds. The predicted octanol–water partition coefficient (Wildman–Crippen LogP) is 1.26. The number of halogens is 1. The van der Waals surface area contributed by atoms with Crippen LogP contribution in [0.2, 0.25) is 0 Å². The molecule has 6 nitrogen and oxygen atoms in total. The highest BCUT2D eigenvalue weighted by Crippen LogP contribution is 2.31. The van der Waals surface area contributed by atoms with E-state index in [2.05, 4.69) is 0 Å². The largest absolute Gasteiger partial charge is 0.395 e. The van der Waals surface area contributed by atoms with Crippen LogP contribution in [0.5, 0.6) is 0 Å². The summed E-state index contributed by atoms with van der Waals surface area (Å²) in [6.07, 6.45) is 0.541. The van der Waals surface area contributed by atoms with Gasteiger partial charge < -0.3 is 14.7 Å². The third-order valence-corrected chi connectivity index (χ3v) is 3.97. The number of hydrogen-bond acceptors (Lipinski definition) is 5. The summed E-state index contributed by atoms with van der Waals surface area (Å²) in [6, 6.07) is 5.46. The average molecular weight is 350 g/mol. The van der Waals surface area contributed by atoms with E-state index in [0.29, 0.717) is 25.2 Å². The Morgan fingerprint density at radius 3 is 2.48 bits per heavy atom. The van der Waals surface area contributed by atoms with E-state index in [1.165, 1.54) is 29.2 Å². The van der Waals surface area contributed by atoms with E-state index in [0.717, 1.165) is 0 Å². The lowest BCUT2D eigenvalue weighted by atomic mass is 10.0. The summed E-state index contributed by atoms with van der Waals surface area (Å²) < 4.78 is 18.5. The molecule has 1 N–H and O–H groups in total. The number of aliphatic hydroxyl groups is 1. The van der Waals surface area contributed by atoms with Crippen LogP contribution in [0, 0.1) is 5.82 Å². The van der Waals surface area contributed by atoms with Gasteiger partial charge in [0.05, 0.1) is 12.2 Å². The summed E-state index contributed by atoms with van der Waals surface area (Å²) in [4.78, 5) is 28.3. The van der Waals surface area contributed by atoms with Crippen LogP contribution in [-0.2, 0) is 14.3 Å². The fourth-order valence-electron chi connectivity index (χ4n) is 2.73. The van der Waals surface area contributed by atoms with Crippen LogP contribution in [0.1, 0.15) is 18.9 Å². The van der Waals surface area contributed by atoms with E-state index in [1.807, 2.05) is 6.92 Å². The second kappa shape index (κ2) is 8.73. The van der Waals surface area contributed by atoms with Crippen molar-refractivity contribution < 1.29 is 23.8 Å². The minimum atomic E-state index is -0.417. The average Bonchev–Trinajstić information content (AvgIpc) is 2.84. The molecule has 7 heteroatoms. The van der Waals surface area contributed by atoms with Crippen molar-refractivity contribution in [2.24, 2.45) is 0 Å². The van der Waals surface area contributed by atoms with Crippen molar-refractivity contribution in [1.82, 2.24) is 9.80 Å². The lowest BCUT2D eigenvalue weighted by Crippen LogP contribution is -2.36. The van der Waals surface area contributed by atoms with Gasteiger partial charge in [0.1, 0.15) is 11.5 Å². The Morgan fingerprint density at radius 1 is 1.20 bits per heavy atom. The van der Waals surface area contributed by atoms with Crippen molar-refractivity contribution in [2.75, 3.05) is 40.0 Å². The smallest absolute Gasteiger partial charge is 0.277 e. The number of ether oxygens (including phenoxy) is 1. The molecule has 0 bridgehead atoms. The molecular formula is C18H23FN2O4. The van der Waals surface area contributed by atoms with E-state index in [9.17, 15) is 14.0 Å². The van der Waals surface area contributed by atoms with E-state index in [1.54, 1.807) is 11.9 Å². The number of rotatable bonds is 9. The third-order valence-electron chi connectivity index (χ3n) is 3.97. The maximum absolute atomic E-state index is 13.2. The monoisotopic (exact) mass is 350 g/mol. The molecule has 1 aromatic carbocycles. The lowest BCUT2D eigenvalue weighted by Gasteiger charge is -2.20. The highest BCUT2D eigenvalue weighted by Gasteiger charge is 2.40. The minimum Gasteiger partial charge on any atom is -0.395 e. The first kappa shape index (κ1) is 19.1. The van der Waals surface area contributed by atoms with Gasteiger partial charge in [-0.1, -0.05) is 12.1 Å². The summed E-state index contributed by atoms with van der Waals surface area (Å²) in [5.74, 6) is -1.23. The van der Waals surface area contributed by atoms with Gasteiger partial charge in [-0.05, 0) is 31.0 Å². The molecule has 136 valence electrons. The van der Waals surface area contributed by atoms with Crippen LogP contribution in [0.3, 0.4) is 0 Å². The molecule has 0 radical (unpaired) electrons. The van der Waals surface area contributed by atoms with E-state index < -0.39 is 17.6 Å². The standard InChI is InChI=1S/C18H23FN2O4/c1-3-25-12-4-9-21-17(23)15(13-5-7-14(19)8-6-13)16(18(21)24)20(2)10-11-22/h5-8,22H,3-4,9-12H2,1-2H3.